The van der Waals surface area contributed by atoms with Crippen LogP contribution in [0.4, 0.5) is 4.39 Å². The highest BCUT2D eigenvalue weighted by atomic mass is 35.5. The lowest BCUT2D eigenvalue weighted by molar-refractivity contribution is 0.0314. The Bertz CT molecular complexity index is 819. The third-order valence-corrected chi connectivity index (χ3v) is 4.56. The van der Waals surface area contributed by atoms with Gasteiger partial charge in [-0.05, 0) is 36.8 Å². The first kappa shape index (κ1) is 18.3. The molecule has 1 aromatic carbocycles. The zero-order valence-electron chi connectivity index (χ0n) is 13.7. The van der Waals surface area contributed by atoms with Crippen LogP contribution in [0.15, 0.2) is 42.6 Å². The number of β-amino-alcohol motifs (C(OH)–C–C–N with tert-alkyl or cyclic N) is 1. The van der Waals surface area contributed by atoms with Crippen LogP contribution in [0.2, 0.25) is 5.02 Å². The van der Waals surface area contributed by atoms with Crippen LogP contribution >= 0.6 is 11.6 Å². The van der Waals surface area contributed by atoms with Crippen molar-refractivity contribution in [2.75, 3.05) is 13.1 Å². The molecule has 0 aliphatic carbocycles. The standard InChI is InChI=1S/C18H17ClFN3O3/c19-13-9-11(20)4-5-12(13)18(26)23-8-6-14(16(24)10-23)22-17(25)15-3-1-2-7-21-15/h1-5,7,9,14,16,24H,6,8,10H2,(H,22,25)/t14-,16-/m1/s1. The molecule has 0 unspecified atom stereocenters. The molecule has 1 fully saturated rings. The number of rotatable bonds is 3. The van der Waals surface area contributed by atoms with Crippen LogP contribution in [0.5, 0.6) is 0 Å². The monoisotopic (exact) mass is 377 g/mol. The fourth-order valence-electron chi connectivity index (χ4n) is 2.86. The number of aliphatic hydroxyl groups excluding tert-OH is 1. The van der Waals surface area contributed by atoms with Crippen molar-refractivity contribution in [3.05, 3.63) is 64.7 Å². The maximum atomic E-state index is 13.1. The van der Waals surface area contributed by atoms with Crippen LogP contribution in [0.25, 0.3) is 0 Å². The lowest BCUT2D eigenvalue weighted by atomic mass is 10.0. The van der Waals surface area contributed by atoms with Gasteiger partial charge in [-0.15, -0.1) is 0 Å². The molecular formula is C18H17ClFN3O3. The number of piperidine rings is 1. The Balaban J connectivity index is 1.63. The molecule has 8 heteroatoms. The second-order valence-electron chi connectivity index (χ2n) is 6.03. The quantitative estimate of drug-likeness (QED) is 0.855. The molecule has 0 spiro atoms. The highest BCUT2D eigenvalue weighted by molar-refractivity contribution is 6.33. The molecule has 2 amide bonds. The molecule has 136 valence electrons. The first-order valence-corrected chi connectivity index (χ1v) is 8.48. The molecule has 0 radical (unpaired) electrons. The van der Waals surface area contributed by atoms with Gasteiger partial charge in [-0.25, -0.2) is 4.39 Å². The van der Waals surface area contributed by atoms with Crippen LogP contribution in [0, 0.1) is 5.82 Å². The van der Waals surface area contributed by atoms with Crippen LogP contribution in [-0.2, 0) is 0 Å². The van der Waals surface area contributed by atoms with Gasteiger partial charge >= 0.3 is 0 Å². The van der Waals surface area contributed by atoms with Gasteiger partial charge in [-0.1, -0.05) is 17.7 Å². The minimum Gasteiger partial charge on any atom is -0.389 e. The maximum Gasteiger partial charge on any atom is 0.270 e. The van der Waals surface area contributed by atoms with E-state index >= 15 is 0 Å². The molecule has 1 aliphatic heterocycles. The normalized spacial score (nSPS) is 19.9. The molecule has 0 saturated carbocycles. The summed E-state index contributed by atoms with van der Waals surface area (Å²) in [6.45, 7) is 0.371. The van der Waals surface area contributed by atoms with Gasteiger partial charge in [-0.3, -0.25) is 14.6 Å². The molecule has 1 saturated heterocycles. The van der Waals surface area contributed by atoms with Crippen LogP contribution < -0.4 is 5.32 Å². The largest absolute Gasteiger partial charge is 0.389 e. The SMILES string of the molecule is O=C(N[C@@H]1CCN(C(=O)c2ccc(F)cc2Cl)C[C@H]1O)c1ccccn1. The molecule has 0 bridgehead atoms. The lowest BCUT2D eigenvalue weighted by Gasteiger charge is -2.36. The number of pyridine rings is 1. The number of carbonyl (C=O) groups is 2. The molecule has 2 atom stereocenters. The molecule has 1 aliphatic rings. The number of nitrogens with zero attached hydrogens (tertiary/aromatic N) is 2. The van der Waals surface area contributed by atoms with Gasteiger partial charge in [0.2, 0.25) is 0 Å². The number of aromatic nitrogens is 1. The fourth-order valence-corrected chi connectivity index (χ4v) is 3.11. The second kappa shape index (κ2) is 7.80. The number of hydrogen-bond acceptors (Lipinski definition) is 4. The zero-order chi connectivity index (χ0) is 18.7. The predicted octanol–water partition coefficient (Wildman–Crippen LogP) is 1.88. The summed E-state index contributed by atoms with van der Waals surface area (Å²) in [4.78, 5) is 30.1. The van der Waals surface area contributed by atoms with Gasteiger partial charge in [0.1, 0.15) is 11.5 Å². The molecular weight excluding hydrogens is 361 g/mol. The number of amides is 2. The maximum absolute atomic E-state index is 13.1. The number of halogens is 2. The van der Waals surface area contributed by atoms with Crippen molar-refractivity contribution in [3.8, 4) is 0 Å². The van der Waals surface area contributed by atoms with E-state index in [1.165, 1.54) is 17.2 Å². The molecule has 3 rings (SSSR count). The van der Waals surface area contributed by atoms with E-state index in [9.17, 15) is 19.1 Å². The Hall–Kier alpha value is -2.51. The first-order valence-electron chi connectivity index (χ1n) is 8.10. The first-order chi connectivity index (χ1) is 12.5. The molecule has 2 N–H and O–H groups in total. The Morgan fingerprint density at radius 1 is 1.31 bits per heavy atom. The molecule has 1 aromatic heterocycles. The van der Waals surface area contributed by atoms with Gasteiger partial charge in [-0.2, -0.15) is 0 Å². The van der Waals surface area contributed by atoms with Crippen molar-refractivity contribution in [2.45, 2.75) is 18.6 Å². The highest BCUT2D eigenvalue weighted by Crippen LogP contribution is 2.21. The van der Waals surface area contributed by atoms with Crippen molar-refractivity contribution in [1.82, 2.24) is 15.2 Å². The van der Waals surface area contributed by atoms with E-state index in [1.807, 2.05) is 0 Å². The van der Waals surface area contributed by atoms with E-state index in [1.54, 1.807) is 18.2 Å². The number of hydrogen-bond donors (Lipinski definition) is 2. The number of carbonyl (C=O) groups excluding carboxylic acids is 2. The third kappa shape index (κ3) is 4.00. The summed E-state index contributed by atoms with van der Waals surface area (Å²) >= 11 is 5.93. The van der Waals surface area contributed by atoms with Crippen molar-refractivity contribution in [3.63, 3.8) is 0 Å². The number of likely N-dealkylation sites (tertiary alicyclic amines) is 1. The summed E-state index contributed by atoms with van der Waals surface area (Å²) in [5.74, 6) is -1.29. The molecule has 2 heterocycles. The highest BCUT2D eigenvalue weighted by Gasteiger charge is 2.32. The Morgan fingerprint density at radius 2 is 2.12 bits per heavy atom. The number of nitrogens with one attached hydrogen (secondary N) is 1. The summed E-state index contributed by atoms with van der Waals surface area (Å²) < 4.78 is 13.1. The summed E-state index contributed by atoms with van der Waals surface area (Å²) in [6, 6.07) is 8.05. The van der Waals surface area contributed by atoms with Gasteiger partial charge in [0, 0.05) is 19.3 Å². The van der Waals surface area contributed by atoms with E-state index < -0.39 is 18.0 Å². The lowest BCUT2D eigenvalue weighted by Crippen LogP contribution is -2.55. The Morgan fingerprint density at radius 3 is 2.77 bits per heavy atom. The van der Waals surface area contributed by atoms with E-state index in [0.717, 1.165) is 12.1 Å². The van der Waals surface area contributed by atoms with E-state index in [0.29, 0.717) is 13.0 Å². The van der Waals surface area contributed by atoms with Crippen LogP contribution in [0.3, 0.4) is 0 Å². The van der Waals surface area contributed by atoms with Gasteiger partial charge in [0.15, 0.2) is 0 Å². The minimum absolute atomic E-state index is 0.0232. The van der Waals surface area contributed by atoms with Crippen molar-refractivity contribution < 1.29 is 19.1 Å². The molecule has 26 heavy (non-hydrogen) atoms. The average molecular weight is 378 g/mol. The van der Waals surface area contributed by atoms with Gasteiger partial charge in [0.05, 0.1) is 22.7 Å². The fraction of sp³-hybridized carbons (Fsp3) is 0.278. The second-order valence-corrected chi connectivity index (χ2v) is 6.43. The van der Waals surface area contributed by atoms with Crippen molar-refractivity contribution >= 4 is 23.4 Å². The summed E-state index contributed by atoms with van der Waals surface area (Å²) in [5, 5.41) is 13.1. The van der Waals surface area contributed by atoms with Crippen LogP contribution in [0.1, 0.15) is 27.3 Å². The van der Waals surface area contributed by atoms with E-state index in [-0.39, 0.29) is 34.6 Å². The van der Waals surface area contributed by atoms with Crippen molar-refractivity contribution in [1.29, 1.82) is 0 Å². The number of aliphatic hydroxyl groups is 1. The van der Waals surface area contributed by atoms with E-state index in [2.05, 4.69) is 10.3 Å². The van der Waals surface area contributed by atoms with Crippen molar-refractivity contribution in [2.24, 2.45) is 0 Å². The molecule has 6 nitrogen and oxygen atoms in total. The topological polar surface area (TPSA) is 82.5 Å². The van der Waals surface area contributed by atoms with E-state index in [4.69, 9.17) is 11.6 Å². The summed E-state index contributed by atoms with van der Waals surface area (Å²) in [5.41, 5.74) is 0.438. The summed E-state index contributed by atoms with van der Waals surface area (Å²) in [7, 11) is 0. The summed E-state index contributed by atoms with van der Waals surface area (Å²) in [6.07, 6.45) is 0.961. The van der Waals surface area contributed by atoms with Crippen LogP contribution in [-0.4, -0.2) is 52.0 Å². The molecule has 2 aromatic rings. The Labute approximate surface area is 154 Å². The van der Waals surface area contributed by atoms with Gasteiger partial charge < -0.3 is 15.3 Å². The average Bonchev–Trinajstić information content (AvgIpc) is 2.63. The zero-order valence-corrected chi connectivity index (χ0v) is 14.5. The Kier molecular flexibility index (Phi) is 5.49. The van der Waals surface area contributed by atoms with Gasteiger partial charge in [0.25, 0.3) is 11.8 Å². The smallest absolute Gasteiger partial charge is 0.270 e. The predicted molar refractivity (Wildman–Crippen MR) is 93.4 cm³/mol. The number of benzene rings is 1. The minimum atomic E-state index is -0.931. The third-order valence-electron chi connectivity index (χ3n) is 4.24.